The van der Waals surface area contributed by atoms with Crippen LogP contribution in [-0.2, 0) is 6.54 Å². The van der Waals surface area contributed by atoms with Gasteiger partial charge in [0, 0.05) is 50.8 Å². The quantitative estimate of drug-likeness (QED) is 0.786. The molecule has 1 fully saturated rings. The van der Waals surface area contributed by atoms with Gasteiger partial charge < -0.3 is 14.6 Å². The van der Waals surface area contributed by atoms with Crippen LogP contribution in [0.4, 0.5) is 5.69 Å². The molecule has 2 aromatic carbocycles. The highest BCUT2D eigenvalue weighted by Crippen LogP contribution is 2.30. The minimum atomic E-state index is -0.195. The number of amides is 1. The molecule has 1 saturated heterocycles. The van der Waals surface area contributed by atoms with Crippen LogP contribution < -0.4 is 10.2 Å². The van der Waals surface area contributed by atoms with Crippen LogP contribution in [0.1, 0.15) is 16.1 Å². The highest BCUT2D eigenvalue weighted by atomic mass is 16.3. The summed E-state index contributed by atoms with van der Waals surface area (Å²) in [5.74, 6) is 0.164. The SMILES string of the molecule is CNC(=O)c1cc2c(N3CCN(Cc4ccccc4)CC3)cccc2o1. The third kappa shape index (κ3) is 3.30. The predicted molar refractivity (Wildman–Crippen MR) is 104 cm³/mol. The summed E-state index contributed by atoms with van der Waals surface area (Å²) in [5, 5.41) is 3.62. The zero-order valence-corrected chi connectivity index (χ0v) is 14.9. The van der Waals surface area contributed by atoms with Crippen molar-refractivity contribution in [2.24, 2.45) is 0 Å². The van der Waals surface area contributed by atoms with Crippen LogP contribution in [0.2, 0.25) is 0 Å². The molecule has 3 aromatic rings. The number of rotatable bonds is 4. The van der Waals surface area contributed by atoms with Crippen LogP contribution in [0.25, 0.3) is 11.0 Å². The molecule has 1 amide bonds. The van der Waals surface area contributed by atoms with Crippen LogP contribution in [0.3, 0.4) is 0 Å². The van der Waals surface area contributed by atoms with Crippen molar-refractivity contribution in [2.75, 3.05) is 38.1 Å². The number of nitrogens with zero attached hydrogens (tertiary/aromatic N) is 2. The van der Waals surface area contributed by atoms with E-state index in [2.05, 4.69) is 51.5 Å². The van der Waals surface area contributed by atoms with Gasteiger partial charge in [0.15, 0.2) is 5.76 Å². The lowest BCUT2D eigenvalue weighted by Gasteiger charge is -2.36. The van der Waals surface area contributed by atoms with Gasteiger partial charge in [-0.1, -0.05) is 36.4 Å². The van der Waals surface area contributed by atoms with Crippen molar-refractivity contribution in [1.82, 2.24) is 10.2 Å². The molecule has 0 bridgehead atoms. The second-order valence-corrected chi connectivity index (χ2v) is 6.63. The first kappa shape index (κ1) is 16.7. The van der Waals surface area contributed by atoms with Crippen LogP contribution in [0.15, 0.2) is 59.0 Å². The predicted octanol–water partition coefficient (Wildman–Crippen LogP) is 3.11. The Labute approximate surface area is 153 Å². The van der Waals surface area contributed by atoms with E-state index in [0.29, 0.717) is 5.76 Å². The number of fused-ring (bicyclic) bond motifs is 1. The molecule has 0 saturated carbocycles. The van der Waals surface area contributed by atoms with Gasteiger partial charge in [0.25, 0.3) is 5.91 Å². The van der Waals surface area contributed by atoms with E-state index >= 15 is 0 Å². The van der Waals surface area contributed by atoms with E-state index in [1.807, 2.05) is 18.2 Å². The fraction of sp³-hybridized carbons (Fsp3) is 0.286. The Morgan fingerprint density at radius 1 is 1.04 bits per heavy atom. The maximum absolute atomic E-state index is 11.9. The first-order valence-electron chi connectivity index (χ1n) is 9.00. The summed E-state index contributed by atoms with van der Waals surface area (Å²) < 4.78 is 5.70. The highest BCUT2D eigenvalue weighted by molar-refractivity contribution is 6.00. The molecule has 26 heavy (non-hydrogen) atoms. The van der Waals surface area contributed by atoms with Crippen LogP contribution in [-0.4, -0.2) is 44.0 Å². The van der Waals surface area contributed by atoms with E-state index in [1.54, 1.807) is 7.05 Å². The smallest absolute Gasteiger partial charge is 0.286 e. The zero-order chi connectivity index (χ0) is 17.9. The van der Waals surface area contributed by atoms with Crippen LogP contribution in [0.5, 0.6) is 0 Å². The second-order valence-electron chi connectivity index (χ2n) is 6.63. The number of piperazine rings is 1. The molecule has 4 rings (SSSR count). The lowest BCUT2D eigenvalue weighted by atomic mass is 10.1. The Hall–Kier alpha value is -2.79. The summed E-state index contributed by atoms with van der Waals surface area (Å²) in [4.78, 5) is 16.7. The van der Waals surface area contributed by atoms with Crippen molar-refractivity contribution in [1.29, 1.82) is 0 Å². The molecule has 1 aliphatic heterocycles. The third-order valence-electron chi connectivity index (χ3n) is 4.95. The van der Waals surface area contributed by atoms with Crippen molar-refractivity contribution >= 4 is 22.6 Å². The van der Waals surface area contributed by atoms with Crippen molar-refractivity contribution in [2.45, 2.75) is 6.54 Å². The molecule has 5 nitrogen and oxygen atoms in total. The number of nitrogens with one attached hydrogen (secondary N) is 1. The van der Waals surface area contributed by atoms with E-state index in [4.69, 9.17) is 4.42 Å². The Kier molecular flexibility index (Phi) is 4.63. The van der Waals surface area contributed by atoms with Gasteiger partial charge in [0.05, 0.1) is 0 Å². The lowest BCUT2D eigenvalue weighted by Crippen LogP contribution is -2.46. The van der Waals surface area contributed by atoms with Crippen LogP contribution in [0, 0.1) is 0 Å². The minimum Gasteiger partial charge on any atom is -0.451 e. The fourth-order valence-electron chi connectivity index (χ4n) is 3.54. The molecule has 1 aliphatic rings. The van der Waals surface area contributed by atoms with Gasteiger partial charge >= 0.3 is 0 Å². The molecule has 2 heterocycles. The molecule has 134 valence electrons. The number of carbonyl (C=O) groups is 1. The highest BCUT2D eigenvalue weighted by Gasteiger charge is 2.21. The van der Waals surface area contributed by atoms with Gasteiger partial charge in [-0.25, -0.2) is 0 Å². The Balaban J connectivity index is 1.49. The van der Waals surface area contributed by atoms with E-state index in [-0.39, 0.29) is 5.91 Å². The lowest BCUT2D eigenvalue weighted by molar-refractivity contribution is 0.0938. The summed E-state index contributed by atoms with van der Waals surface area (Å²) in [5.41, 5.74) is 3.25. The maximum atomic E-state index is 11.9. The minimum absolute atomic E-state index is 0.195. The first-order chi connectivity index (χ1) is 12.7. The molecule has 0 atom stereocenters. The van der Waals surface area contributed by atoms with E-state index in [9.17, 15) is 4.79 Å². The standard InChI is InChI=1S/C21H23N3O2/c1-22-21(25)20-14-17-18(8-5-9-19(17)26-20)24-12-10-23(11-13-24)15-16-6-3-2-4-7-16/h2-9,14H,10-13,15H2,1H3,(H,22,25). The van der Waals surface area contributed by atoms with E-state index in [0.717, 1.165) is 49.4 Å². The summed E-state index contributed by atoms with van der Waals surface area (Å²) in [6, 6.07) is 18.5. The third-order valence-corrected chi connectivity index (χ3v) is 4.95. The maximum Gasteiger partial charge on any atom is 0.286 e. The molecule has 0 aliphatic carbocycles. The molecule has 5 heteroatoms. The normalized spacial score (nSPS) is 15.3. The van der Waals surface area contributed by atoms with Crippen molar-refractivity contribution in [3.05, 3.63) is 65.9 Å². The first-order valence-corrected chi connectivity index (χ1v) is 9.00. The second kappa shape index (κ2) is 7.22. The van der Waals surface area contributed by atoms with Crippen molar-refractivity contribution in [3.63, 3.8) is 0 Å². The molecule has 1 aromatic heterocycles. The van der Waals surface area contributed by atoms with E-state index in [1.165, 1.54) is 5.56 Å². The molecular formula is C21H23N3O2. The number of benzene rings is 2. The fourth-order valence-corrected chi connectivity index (χ4v) is 3.54. The van der Waals surface area contributed by atoms with Gasteiger partial charge in [-0.05, 0) is 23.8 Å². The monoisotopic (exact) mass is 349 g/mol. The van der Waals surface area contributed by atoms with Gasteiger partial charge in [-0.2, -0.15) is 0 Å². The summed E-state index contributed by atoms with van der Waals surface area (Å²) in [6.45, 7) is 4.96. The van der Waals surface area contributed by atoms with Gasteiger partial charge in [-0.3, -0.25) is 9.69 Å². The van der Waals surface area contributed by atoms with Crippen LogP contribution >= 0.6 is 0 Å². The van der Waals surface area contributed by atoms with Gasteiger partial charge in [0.1, 0.15) is 5.58 Å². The number of carbonyl (C=O) groups excluding carboxylic acids is 1. The molecule has 0 spiro atoms. The number of furan rings is 1. The molecule has 0 unspecified atom stereocenters. The number of hydrogen-bond acceptors (Lipinski definition) is 4. The summed E-state index contributed by atoms with van der Waals surface area (Å²) in [7, 11) is 1.61. The average molecular weight is 349 g/mol. The van der Waals surface area contributed by atoms with E-state index < -0.39 is 0 Å². The van der Waals surface area contributed by atoms with Gasteiger partial charge in [-0.15, -0.1) is 0 Å². The molecule has 1 N–H and O–H groups in total. The number of hydrogen-bond donors (Lipinski definition) is 1. The summed E-state index contributed by atoms with van der Waals surface area (Å²) in [6.07, 6.45) is 0. The largest absolute Gasteiger partial charge is 0.451 e. The topological polar surface area (TPSA) is 48.7 Å². The Morgan fingerprint density at radius 2 is 1.81 bits per heavy atom. The van der Waals surface area contributed by atoms with Crippen molar-refractivity contribution in [3.8, 4) is 0 Å². The zero-order valence-electron chi connectivity index (χ0n) is 14.9. The molecular weight excluding hydrogens is 326 g/mol. The molecule has 0 radical (unpaired) electrons. The van der Waals surface area contributed by atoms with Crippen molar-refractivity contribution < 1.29 is 9.21 Å². The number of anilines is 1. The summed E-state index contributed by atoms with van der Waals surface area (Å²) >= 11 is 0. The Bertz CT molecular complexity index is 896. The van der Waals surface area contributed by atoms with Gasteiger partial charge in [0.2, 0.25) is 0 Å². The average Bonchev–Trinajstić information content (AvgIpc) is 3.13. The Morgan fingerprint density at radius 3 is 2.54 bits per heavy atom.